The zero-order valence-corrected chi connectivity index (χ0v) is 16.7. The molecule has 0 saturated carbocycles. The van der Waals surface area contributed by atoms with Crippen molar-refractivity contribution in [3.63, 3.8) is 0 Å². The van der Waals surface area contributed by atoms with E-state index in [2.05, 4.69) is 27.4 Å². The molecule has 1 saturated heterocycles. The van der Waals surface area contributed by atoms with Gasteiger partial charge in [-0.15, -0.1) is 0 Å². The molecule has 0 amide bonds. The van der Waals surface area contributed by atoms with E-state index >= 15 is 0 Å². The Morgan fingerprint density at radius 3 is 2.75 bits per heavy atom. The third-order valence-corrected chi connectivity index (χ3v) is 4.82. The monoisotopic (exact) mass is 381 g/mol. The van der Waals surface area contributed by atoms with E-state index in [9.17, 15) is 0 Å². The molecule has 28 heavy (non-hydrogen) atoms. The highest BCUT2D eigenvalue weighted by molar-refractivity contribution is 5.88. The van der Waals surface area contributed by atoms with Crippen molar-refractivity contribution in [2.75, 3.05) is 56.7 Å². The van der Waals surface area contributed by atoms with Gasteiger partial charge in [-0.3, -0.25) is 0 Å². The van der Waals surface area contributed by atoms with E-state index in [1.54, 1.807) is 0 Å². The number of aromatic nitrogens is 4. The van der Waals surface area contributed by atoms with Gasteiger partial charge in [-0.2, -0.15) is 15.1 Å². The first-order valence-electron chi connectivity index (χ1n) is 9.74. The van der Waals surface area contributed by atoms with Gasteiger partial charge in [-0.25, -0.2) is 4.68 Å². The van der Waals surface area contributed by atoms with E-state index in [0.29, 0.717) is 19.1 Å². The lowest BCUT2D eigenvalue weighted by Gasteiger charge is -2.29. The van der Waals surface area contributed by atoms with E-state index in [-0.39, 0.29) is 0 Å². The first-order valence-corrected chi connectivity index (χ1v) is 9.74. The fourth-order valence-corrected chi connectivity index (χ4v) is 3.44. The summed E-state index contributed by atoms with van der Waals surface area (Å²) >= 11 is 0. The molecule has 2 aromatic heterocycles. The van der Waals surface area contributed by atoms with Crippen molar-refractivity contribution < 1.29 is 4.74 Å². The summed E-state index contributed by atoms with van der Waals surface area (Å²) in [4.78, 5) is 13.9. The Kier molecular flexibility index (Phi) is 5.29. The van der Waals surface area contributed by atoms with Crippen molar-refractivity contribution in [2.24, 2.45) is 0 Å². The van der Waals surface area contributed by atoms with Crippen LogP contribution in [-0.2, 0) is 6.54 Å². The van der Waals surface area contributed by atoms with Gasteiger partial charge in [0.25, 0.3) is 0 Å². The van der Waals surface area contributed by atoms with E-state index in [1.165, 1.54) is 0 Å². The predicted molar refractivity (Wildman–Crippen MR) is 111 cm³/mol. The Balaban J connectivity index is 1.73. The molecule has 1 aliphatic heterocycles. The molecule has 1 aromatic carbocycles. The average molecular weight is 381 g/mol. The Morgan fingerprint density at radius 2 is 2.00 bits per heavy atom. The smallest absolute Gasteiger partial charge is 0.228 e. The maximum absolute atomic E-state index is 5.63. The van der Waals surface area contributed by atoms with E-state index in [1.807, 2.05) is 48.9 Å². The second kappa shape index (κ2) is 8.02. The summed E-state index contributed by atoms with van der Waals surface area (Å²) in [6.45, 7) is 7.06. The Bertz CT molecular complexity index is 947. The number of fused-ring (bicyclic) bond motifs is 1. The van der Waals surface area contributed by atoms with Crippen molar-refractivity contribution in [3.8, 4) is 5.75 Å². The maximum atomic E-state index is 5.63. The topological polar surface area (TPSA) is 71.3 Å². The van der Waals surface area contributed by atoms with Crippen LogP contribution < -0.4 is 19.9 Å². The van der Waals surface area contributed by atoms with Crippen LogP contribution in [0.5, 0.6) is 5.75 Å². The van der Waals surface area contributed by atoms with Crippen molar-refractivity contribution >= 4 is 22.8 Å². The molecule has 148 valence electrons. The van der Waals surface area contributed by atoms with E-state index in [0.717, 1.165) is 54.3 Å². The second-order valence-corrected chi connectivity index (χ2v) is 7.10. The first kappa shape index (κ1) is 18.5. The Labute approximate surface area is 165 Å². The van der Waals surface area contributed by atoms with E-state index in [4.69, 9.17) is 14.7 Å². The van der Waals surface area contributed by atoms with Crippen molar-refractivity contribution in [2.45, 2.75) is 13.5 Å². The molecule has 0 aliphatic carbocycles. The van der Waals surface area contributed by atoms with E-state index < -0.39 is 0 Å². The molecule has 1 aliphatic rings. The Morgan fingerprint density at radius 1 is 1.18 bits per heavy atom. The lowest BCUT2D eigenvalue weighted by molar-refractivity contribution is 0.340. The number of nitrogens with zero attached hydrogens (tertiary/aromatic N) is 6. The molecular weight excluding hydrogens is 354 g/mol. The van der Waals surface area contributed by atoms with Crippen molar-refractivity contribution in [1.29, 1.82) is 0 Å². The quantitative estimate of drug-likeness (QED) is 0.697. The van der Waals surface area contributed by atoms with Crippen LogP contribution in [0.2, 0.25) is 0 Å². The highest BCUT2D eigenvalue weighted by Gasteiger charge is 2.20. The predicted octanol–water partition coefficient (Wildman–Crippen LogP) is 1.75. The molecule has 0 unspecified atom stereocenters. The number of piperazine rings is 1. The highest BCUT2D eigenvalue weighted by atomic mass is 16.5. The summed E-state index contributed by atoms with van der Waals surface area (Å²) in [5.41, 5.74) is 1.98. The standard InChI is InChI=1S/C20H27N7O/c1-4-28-16-7-5-6-15(12-16)14-27-19-17(13-22-27)18(23-20(24-19)25(2)3)26-10-8-21-9-11-26/h5-7,12-13,21H,4,8-11,14H2,1-3H3. The SMILES string of the molecule is CCOc1cccc(Cn2ncc3c(N4CCNCC4)nc(N(C)C)nc32)c1. The third-order valence-electron chi connectivity index (χ3n) is 4.82. The minimum atomic E-state index is 0.634. The van der Waals surface area contributed by atoms with Gasteiger partial charge < -0.3 is 19.9 Å². The van der Waals surface area contributed by atoms with Gasteiger partial charge in [0.1, 0.15) is 11.6 Å². The molecule has 0 spiro atoms. The van der Waals surface area contributed by atoms with Crippen LogP contribution in [0.3, 0.4) is 0 Å². The molecular formula is C20H27N7O. The van der Waals surface area contributed by atoms with Crippen LogP contribution in [0, 0.1) is 0 Å². The first-order chi connectivity index (χ1) is 13.7. The number of rotatable bonds is 6. The largest absolute Gasteiger partial charge is 0.494 e. The second-order valence-electron chi connectivity index (χ2n) is 7.10. The van der Waals surface area contributed by atoms with Gasteiger partial charge in [0, 0.05) is 40.3 Å². The molecule has 8 heteroatoms. The molecule has 3 heterocycles. The highest BCUT2D eigenvalue weighted by Crippen LogP contribution is 2.27. The molecule has 8 nitrogen and oxygen atoms in total. The zero-order valence-electron chi connectivity index (χ0n) is 16.7. The minimum absolute atomic E-state index is 0.634. The molecule has 1 fully saturated rings. The molecule has 0 radical (unpaired) electrons. The number of benzene rings is 1. The van der Waals surface area contributed by atoms with Crippen molar-refractivity contribution in [3.05, 3.63) is 36.0 Å². The number of ether oxygens (including phenoxy) is 1. The van der Waals surface area contributed by atoms with Gasteiger partial charge in [0.05, 0.1) is 24.7 Å². The van der Waals surface area contributed by atoms with Crippen LogP contribution in [0.4, 0.5) is 11.8 Å². The van der Waals surface area contributed by atoms with Crippen LogP contribution in [0.1, 0.15) is 12.5 Å². The number of nitrogens with one attached hydrogen (secondary N) is 1. The number of hydrogen-bond acceptors (Lipinski definition) is 7. The van der Waals surface area contributed by atoms with Crippen molar-refractivity contribution in [1.82, 2.24) is 25.1 Å². The van der Waals surface area contributed by atoms with Crippen LogP contribution in [0.25, 0.3) is 11.0 Å². The minimum Gasteiger partial charge on any atom is -0.494 e. The summed E-state index contributed by atoms with van der Waals surface area (Å²) in [5, 5.41) is 9.02. The van der Waals surface area contributed by atoms with Gasteiger partial charge in [0.2, 0.25) is 5.95 Å². The normalized spacial score (nSPS) is 14.5. The molecule has 0 bridgehead atoms. The fraction of sp³-hybridized carbons (Fsp3) is 0.450. The van der Waals surface area contributed by atoms with Crippen LogP contribution in [-0.4, -0.2) is 66.6 Å². The number of anilines is 2. The van der Waals surface area contributed by atoms with Crippen LogP contribution in [0.15, 0.2) is 30.5 Å². The maximum Gasteiger partial charge on any atom is 0.228 e. The lowest BCUT2D eigenvalue weighted by Crippen LogP contribution is -2.44. The molecule has 1 N–H and O–H groups in total. The summed E-state index contributed by atoms with van der Waals surface area (Å²) in [7, 11) is 3.93. The summed E-state index contributed by atoms with van der Waals surface area (Å²) in [5.74, 6) is 2.54. The summed E-state index contributed by atoms with van der Waals surface area (Å²) in [6, 6.07) is 8.13. The summed E-state index contributed by atoms with van der Waals surface area (Å²) < 4.78 is 7.57. The fourth-order valence-electron chi connectivity index (χ4n) is 3.44. The van der Waals surface area contributed by atoms with Gasteiger partial charge in [0.15, 0.2) is 5.65 Å². The lowest BCUT2D eigenvalue weighted by atomic mass is 10.2. The zero-order chi connectivity index (χ0) is 19.5. The Hall–Kier alpha value is -2.87. The molecule has 0 atom stereocenters. The van der Waals surface area contributed by atoms with Gasteiger partial charge >= 0.3 is 0 Å². The third kappa shape index (κ3) is 3.73. The van der Waals surface area contributed by atoms with Crippen LogP contribution >= 0.6 is 0 Å². The molecule has 4 rings (SSSR count). The molecule has 3 aromatic rings. The number of hydrogen-bond donors (Lipinski definition) is 1. The summed E-state index contributed by atoms with van der Waals surface area (Å²) in [6.07, 6.45) is 1.89. The van der Waals surface area contributed by atoms with Gasteiger partial charge in [-0.1, -0.05) is 12.1 Å². The van der Waals surface area contributed by atoms with Gasteiger partial charge in [-0.05, 0) is 24.6 Å². The average Bonchev–Trinajstić information content (AvgIpc) is 3.11.